The molecule has 0 saturated carbocycles. The fraction of sp³-hybridized carbons (Fsp3) is 0.200. The van der Waals surface area contributed by atoms with Gasteiger partial charge in [0, 0.05) is 11.9 Å². The van der Waals surface area contributed by atoms with Crippen LogP contribution in [0.1, 0.15) is 4.88 Å². The maximum atomic E-state index is 6.06. The third-order valence-electron chi connectivity index (χ3n) is 3.23. The van der Waals surface area contributed by atoms with E-state index in [-0.39, 0.29) is 5.28 Å². The Morgan fingerprint density at radius 1 is 1.24 bits per heavy atom. The molecule has 0 aliphatic rings. The molecule has 0 atom stereocenters. The van der Waals surface area contributed by atoms with E-state index in [0.717, 1.165) is 27.5 Å². The molecule has 21 heavy (non-hydrogen) atoms. The Hall–Kier alpha value is -1.85. The number of aryl methyl sites for hydroxylation is 1. The Morgan fingerprint density at radius 2 is 2.00 bits per heavy atom. The van der Waals surface area contributed by atoms with Crippen molar-refractivity contribution in [2.75, 3.05) is 19.1 Å². The highest BCUT2D eigenvalue weighted by Gasteiger charge is 2.16. The van der Waals surface area contributed by atoms with Gasteiger partial charge in [0.1, 0.15) is 16.4 Å². The summed E-state index contributed by atoms with van der Waals surface area (Å²) in [6, 6.07) is 9.89. The minimum Gasteiger partial charge on any atom is -0.495 e. The second-order valence-electron chi connectivity index (χ2n) is 4.62. The molecular formula is C15H14ClN3OS. The monoisotopic (exact) mass is 319 g/mol. The molecule has 2 aromatic heterocycles. The van der Waals surface area contributed by atoms with Crippen LogP contribution in [0.4, 0.5) is 11.5 Å². The molecule has 0 N–H and O–H groups in total. The summed E-state index contributed by atoms with van der Waals surface area (Å²) >= 11 is 7.67. The number of hydrogen-bond acceptors (Lipinski definition) is 5. The Labute approximate surface area is 132 Å². The van der Waals surface area contributed by atoms with Gasteiger partial charge in [-0.3, -0.25) is 0 Å². The van der Waals surface area contributed by atoms with E-state index in [9.17, 15) is 0 Å². The van der Waals surface area contributed by atoms with E-state index >= 15 is 0 Å². The molecule has 0 radical (unpaired) electrons. The number of benzene rings is 1. The summed E-state index contributed by atoms with van der Waals surface area (Å²) in [7, 11) is 3.60. The van der Waals surface area contributed by atoms with Crippen LogP contribution in [0.5, 0.6) is 5.75 Å². The number of thiophene rings is 1. The average Bonchev–Trinajstić information content (AvgIpc) is 2.85. The zero-order chi connectivity index (χ0) is 15.0. The predicted octanol–water partition coefficient (Wildman–Crippen LogP) is 4.43. The summed E-state index contributed by atoms with van der Waals surface area (Å²) in [5, 5.41) is 1.25. The summed E-state index contributed by atoms with van der Waals surface area (Å²) in [4.78, 5) is 12.7. The summed E-state index contributed by atoms with van der Waals surface area (Å²) in [6.45, 7) is 2.05. The normalized spacial score (nSPS) is 10.9. The van der Waals surface area contributed by atoms with Gasteiger partial charge >= 0.3 is 0 Å². The van der Waals surface area contributed by atoms with Gasteiger partial charge < -0.3 is 9.64 Å². The number of methoxy groups -OCH3 is 1. The molecule has 6 heteroatoms. The SMILES string of the molecule is COc1ccccc1N(C)c1nc(Cl)nc2sc(C)cc12. The molecule has 2 heterocycles. The number of rotatable bonds is 3. The highest BCUT2D eigenvalue weighted by atomic mass is 35.5. The van der Waals surface area contributed by atoms with Crippen molar-refractivity contribution in [1.82, 2.24) is 9.97 Å². The molecule has 108 valence electrons. The first kappa shape index (κ1) is 14.1. The van der Waals surface area contributed by atoms with Gasteiger partial charge in [0.05, 0.1) is 18.2 Å². The van der Waals surface area contributed by atoms with Crippen molar-refractivity contribution in [2.24, 2.45) is 0 Å². The number of ether oxygens (including phenoxy) is 1. The van der Waals surface area contributed by atoms with Crippen molar-refractivity contribution in [1.29, 1.82) is 0 Å². The number of aromatic nitrogens is 2. The van der Waals surface area contributed by atoms with Crippen LogP contribution in [0.15, 0.2) is 30.3 Å². The Morgan fingerprint density at radius 3 is 2.76 bits per heavy atom. The van der Waals surface area contributed by atoms with Crippen LogP contribution in [-0.2, 0) is 0 Å². The van der Waals surface area contributed by atoms with Gasteiger partial charge in [-0.05, 0) is 36.7 Å². The molecule has 0 bridgehead atoms. The Kier molecular flexibility index (Phi) is 3.69. The van der Waals surface area contributed by atoms with Crippen LogP contribution in [0.25, 0.3) is 10.2 Å². The van der Waals surface area contributed by atoms with Crippen molar-refractivity contribution in [3.05, 3.63) is 40.5 Å². The van der Waals surface area contributed by atoms with Gasteiger partial charge in [0.2, 0.25) is 5.28 Å². The van der Waals surface area contributed by atoms with Crippen molar-refractivity contribution in [2.45, 2.75) is 6.92 Å². The lowest BCUT2D eigenvalue weighted by atomic mass is 10.2. The summed E-state index contributed by atoms with van der Waals surface area (Å²) in [5.41, 5.74) is 0.930. The summed E-state index contributed by atoms with van der Waals surface area (Å²) in [5.74, 6) is 1.56. The second-order valence-corrected chi connectivity index (χ2v) is 6.20. The zero-order valence-corrected chi connectivity index (χ0v) is 13.5. The topological polar surface area (TPSA) is 38.2 Å². The van der Waals surface area contributed by atoms with Gasteiger partial charge in [0.15, 0.2) is 0 Å². The maximum Gasteiger partial charge on any atom is 0.225 e. The van der Waals surface area contributed by atoms with Crippen LogP contribution in [0, 0.1) is 6.92 Å². The predicted molar refractivity (Wildman–Crippen MR) is 88.2 cm³/mol. The van der Waals surface area contributed by atoms with Crippen molar-refractivity contribution in [3.63, 3.8) is 0 Å². The smallest absolute Gasteiger partial charge is 0.225 e. The van der Waals surface area contributed by atoms with Gasteiger partial charge in [-0.2, -0.15) is 4.98 Å². The van der Waals surface area contributed by atoms with Crippen molar-refractivity contribution >= 4 is 44.7 Å². The molecule has 0 spiro atoms. The minimum atomic E-state index is 0.251. The van der Waals surface area contributed by atoms with Gasteiger partial charge in [-0.15, -0.1) is 11.3 Å². The highest BCUT2D eigenvalue weighted by Crippen LogP contribution is 2.37. The molecule has 0 amide bonds. The maximum absolute atomic E-state index is 6.06. The Bertz CT molecular complexity index is 803. The molecular weight excluding hydrogens is 306 g/mol. The van der Waals surface area contributed by atoms with Crippen LogP contribution >= 0.6 is 22.9 Å². The Balaban J connectivity index is 2.19. The van der Waals surface area contributed by atoms with Crippen LogP contribution in [-0.4, -0.2) is 24.1 Å². The molecule has 0 saturated heterocycles. The summed E-state index contributed by atoms with van der Waals surface area (Å²) < 4.78 is 5.42. The van der Waals surface area contributed by atoms with Crippen molar-refractivity contribution in [3.8, 4) is 5.75 Å². The van der Waals surface area contributed by atoms with E-state index in [4.69, 9.17) is 16.3 Å². The number of anilines is 2. The lowest BCUT2D eigenvalue weighted by Gasteiger charge is -2.21. The fourth-order valence-electron chi connectivity index (χ4n) is 2.28. The van der Waals surface area contributed by atoms with Gasteiger partial charge in [-0.25, -0.2) is 4.98 Å². The lowest BCUT2D eigenvalue weighted by molar-refractivity contribution is 0.415. The first-order chi connectivity index (χ1) is 10.1. The quantitative estimate of drug-likeness (QED) is 0.669. The number of para-hydroxylation sites is 2. The first-order valence-electron chi connectivity index (χ1n) is 6.40. The third kappa shape index (κ3) is 2.54. The number of halogens is 1. The molecule has 3 rings (SSSR count). The molecule has 1 aromatic carbocycles. The van der Waals surface area contributed by atoms with E-state index < -0.39 is 0 Å². The van der Waals surface area contributed by atoms with E-state index in [1.807, 2.05) is 43.1 Å². The van der Waals surface area contributed by atoms with Crippen molar-refractivity contribution < 1.29 is 4.74 Å². The van der Waals surface area contributed by atoms with E-state index in [0.29, 0.717) is 0 Å². The van der Waals surface area contributed by atoms with E-state index in [1.54, 1.807) is 18.4 Å². The standard InChI is InChI=1S/C15H14ClN3OS/c1-9-8-10-13(17-15(16)18-14(10)21-9)19(2)11-6-4-5-7-12(11)20-3/h4-8H,1-3H3. The zero-order valence-electron chi connectivity index (χ0n) is 11.9. The van der Waals surface area contributed by atoms with Gasteiger partial charge in [0.25, 0.3) is 0 Å². The average molecular weight is 320 g/mol. The third-order valence-corrected chi connectivity index (χ3v) is 4.35. The minimum absolute atomic E-state index is 0.251. The van der Waals surface area contributed by atoms with Crippen LogP contribution in [0.3, 0.4) is 0 Å². The molecule has 4 nitrogen and oxygen atoms in total. The number of hydrogen-bond donors (Lipinski definition) is 0. The molecule has 3 aromatic rings. The first-order valence-corrected chi connectivity index (χ1v) is 7.60. The van der Waals surface area contributed by atoms with E-state index in [1.165, 1.54) is 4.88 Å². The molecule has 0 fully saturated rings. The fourth-order valence-corrected chi connectivity index (χ4v) is 3.37. The number of nitrogens with zero attached hydrogens (tertiary/aromatic N) is 3. The van der Waals surface area contributed by atoms with Crippen LogP contribution in [0.2, 0.25) is 5.28 Å². The largest absolute Gasteiger partial charge is 0.495 e. The lowest BCUT2D eigenvalue weighted by Crippen LogP contribution is -2.13. The number of fused-ring (bicyclic) bond motifs is 1. The molecule has 0 aliphatic carbocycles. The van der Waals surface area contributed by atoms with Gasteiger partial charge in [-0.1, -0.05) is 12.1 Å². The molecule has 0 aliphatic heterocycles. The second kappa shape index (κ2) is 5.50. The van der Waals surface area contributed by atoms with E-state index in [2.05, 4.69) is 16.0 Å². The summed E-state index contributed by atoms with van der Waals surface area (Å²) in [6.07, 6.45) is 0. The highest BCUT2D eigenvalue weighted by molar-refractivity contribution is 7.18. The van der Waals surface area contributed by atoms with Crippen LogP contribution < -0.4 is 9.64 Å². The molecule has 0 unspecified atom stereocenters.